The average Bonchev–Trinajstić information content (AvgIpc) is 2.72. The first-order valence-electron chi connectivity index (χ1n) is 5.86. The van der Waals surface area contributed by atoms with Crippen LogP contribution in [0.1, 0.15) is 26.2 Å². The van der Waals surface area contributed by atoms with E-state index in [4.69, 9.17) is 11.6 Å². The molecule has 0 aliphatic heterocycles. The van der Waals surface area contributed by atoms with E-state index in [0.717, 1.165) is 12.8 Å². The van der Waals surface area contributed by atoms with Crippen molar-refractivity contribution < 1.29 is 8.42 Å². The second kappa shape index (κ2) is 4.56. The lowest BCUT2D eigenvalue weighted by Crippen LogP contribution is -2.39. The van der Waals surface area contributed by atoms with Gasteiger partial charge in [-0.1, -0.05) is 37.1 Å². The number of nitriles is 1. The Bertz CT molecular complexity index is 606. The van der Waals surface area contributed by atoms with Crippen molar-refractivity contribution in [2.45, 2.75) is 35.8 Å². The normalized spacial score (nSPS) is 27.9. The first-order chi connectivity index (χ1) is 8.45. The van der Waals surface area contributed by atoms with E-state index in [9.17, 15) is 13.7 Å². The second-order valence-corrected chi connectivity index (χ2v) is 7.31. The highest BCUT2D eigenvalue weighted by molar-refractivity contribution is 7.93. The first kappa shape index (κ1) is 13.4. The van der Waals surface area contributed by atoms with Crippen LogP contribution in [0.15, 0.2) is 29.2 Å². The molecule has 0 spiro atoms. The minimum Gasteiger partial charge on any atom is -0.222 e. The Kier molecular flexibility index (Phi) is 3.39. The van der Waals surface area contributed by atoms with Gasteiger partial charge in [-0.25, -0.2) is 8.42 Å². The predicted octanol–water partition coefficient (Wildman–Crippen LogP) is 3.20. The van der Waals surface area contributed by atoms with Crippen molar-refractivity contribution in [1.29, 1.82) is 5.26 Å². The van der Waals surface area contributed by atoms with Crippen LogP contribution < -0.4 is 0 Å². The number of hydrogen-bond donors (Lipinski definition) is 0. The lowest BCUT2D eigenvalue weighted by Gasteiger charge is -2.26. The number of nitrogens with zero attached hydrogens (tertiary/aromatic N) is 1. The van der Waals surface area contributed by atoms with Gasteiger partial charge in [-0.3, -0.25) is 0 Å². The van der Waals surface area contributed by atoms with Crippen molar-refractivity contribution >= 4 is 21.4 Å². The molecule has 2 rings (SSSR count). The molecule has 2 unspecified atom stereocenters. The molecule has 0 saturated heterocycles. The van der Waals surface area contributed by atoms with Gasteiger partial charge in [-0.05, 0) is 30.9 Å². The molecule has 0 radical (unpaired) electrons. The third-order valence-electron chi connectivity index (χ3n) is 3.78. The van der Waals surface area contributed by atoms with Crippen molar-refractivity contribution in [3.8, 4) is 6.07 Å². The molecule has 1 fully saturated rings. The Morgan fingerprint density at radius 1 is 1.44 bits per heavy atom. The molecule has 1 aromatic carbocycles. The lowest BCUT2D eigenvalue weighted by atomic mass is 9.99. The minimum absolute atomic E-state index is 0.0713. The first-order valence-corrected chi connectivity index (χ1v) is 7.72. The summed E-state index contributed by atoms with van der Waals surface area (Å²) < 4.78 is 24.1. The maximum Gasteiger partial charge on any atom is 0.199 e. The monoisotopic (exact) mass is 283 g/mol. The van der Waals surface area contributed by atoms with Gasteiger partial charge >= 0.3 is 0 Å². The molecule has 0 N–H and O–H groups in total. The Morgan fingerprint density at radius 3 is 2.61 bits per heavy atom. The third-order valence-corrected chi connectivity index (χ3v) is 6.81. The highest BCUT2D eigenvalue weighted by Crippen LogP contribution is 2.45. The smallest absolute Gasteiger partial charge is 0.199 e. The Balaban J connectivity index is 2.63. The summed E-state index contributed by atoms with van der Waals surface area (Å²) in [5, 5.41) is 9.59. The highest BCUT2D eigenvalue weighted by Gasteiger charge is 2.52. The van der Waals surface area contributed by atoms with Gasteiger partial charge in [0.25, 0.3) is 0 Å². The van der Waals surface area contributed by atoms with E-state index < -0.39 is 14.6 Å². The van der Waals surface area contributed by atoms with Crippen LogP contribution in [0.4, 0.5) is 0 Å². The molecule has 1 aliphatic rings. The lowest BCUT2D eigenvalue weighted by molar-refractivity contribution is 0.494. The summed E-state index contributed by atoms with van der Waals surface area (Å²) in [5.74, 6) is -0.163. The second-order valence-electron chi connectivity index (χ2n) is 4.73. The summed E-state index contributed by atoms with van der Waals surface area (Å²) in [4.78, 5) is 0.0713. The summed E-state index contributed by atoms with van der Waals surface area (Å²) in [6.45, 7) is 1.82. The fraction of sp³-hybridized carbons (Fsp3) is 0.462. The van der Waals surface area contributed by atoms with Crippen LogP contribution in [0.25, 0.3) is 0 Å². The summed E-state index contributed by atoms with van der Waals surface area (Å²) in [6.07, 6.45) is 1.91. The molecule has 3 nitrogen and oxygen atoms in total. The van der Waals surface area contributed by atoms with E-state index in [-0.39, 0.29) is 15.8 Å². The molecule has 1 aliphatic carbocycles. The van der Waals surface area contributed by atoms with E-state index in [1.165, 1.54) is 6.07 Å². The standard InChI is InChI=1S/C13H14ClNO2S/c1-10-5-4-8-13(10,9-15)18(16,17)12-7-3-2-6-11(12)14/h2-3,6-7,10H,4-5,8H2,1H3. The van der Waals surface area contributed by atoms with E-state index >= 15 is 0 Å². The SMILES string of the molecule is CC1CCCC1(C#N)S(=O)(=O)c1ccccc1Cl. The summed E-state index contributed by atoms with van der Waals surface area (Å²) in [6, 6.07) is 8.37. The van der Waals surface area contributed by atoms with E-state index in [2.05, 4.69) is 0 Å². The van der Waals surface area contributed by atoms with Gasteiger partial charge in [0.05, 0.1) is 16.0 Å². The molecular formula is C13H14ClNO2S. The summed E-state index contributed by atoms with van der Waals surface area (Å²) in [7, 11) is -3.72. The van der Waals surface area contributed by atoms with Crippen molar-refractivity contribution in [1.82, 2.24) is 0 Å². The Hall–Kier alpha value is -1.05. The predicted molar refractivity (Wildman–Crippen MR) is 70.0 cm³/mol. The Labute approximate surface area is 112 Å². The fourth-order valence-electron chi connectivity index (χ4n) is 2.63. The zero-order valence-corrected chi connectivity index (χ0v) is 11.6. The van der Waals surface area contributed by atoms with Crippen LogP contribution in [-0.2, 0) is 9.84 Å². The zero-order valence-electron chi connectivity index (χ0n) is 10.1. The van der Waals surface area contributed by atoms with Gasteiger partial charge in [0, 0.05) is 0 Å². The van der Waals surface area contributed by atoms with Crippen LogP contribution in [0.2, 0.25) is 5.02 Å². The van der Waals surface area contributed by atoms with E-state index in [0.29, 0.717) is 6.42 Å². The topological polar surface area (TPSA) is 57.9 Å². The van der Waals surface area contributed by atoms with Crippen LogP contribution in [0.5, 0.6) is 0 Å². The van der Waals surface area contributed by atoms with Crippen LogP contribution in [0.3, 0.4) is 0 Å². The van der Waals surface area contributed by atoms with Gasteiger partial charge in [-0.2, -0.15) is 5.26 Å². The summed E-state index contributed by atoms with van der Waals surface area (Å²) >= 11 is 5.97. The van der Waals surface area contributed by atoms with E-state index in [1.807, 2.05) is 13.0 Å². The molecule has 0 aromatic heterocycles. The van der Waals surface area contributed by atoms with Crippen molar-refractivity contribution in [3.05, 3.63) is 29.3 Å². The molecule has 0 bridgehead atoms. The number of rotatable bonds is 2. The van der Waals surface area contributed by atoms with Gasteiger partial charge in [0.15, 0.2) is 14.6 Å². The number of sulfone groups is 1. The molecular weight excluding hydrogens is 270 g/mol. The highest BCUT2D eigenvalue weighted by atomic mass is 35.5. The largest absolute Gasteiger partial charge is 0.222 e. The van der Waals surface area contributed by atoms with E-state index in [1.54, 1.807) is 18.2 Å². The van der Waals surface area contributed by atoms with Crippen molar-refractivity contribution in [2.75, 3.05) is 0 Å². The molecule has 0 amide bonds. The third kappa shape index (κ3) is 1.73. The van der Waals surface area contributed by atoms with Gasteiger partial charge in [-0.15, -0.1) is 0 Å². The minimum atomic E-state index is -3.72. The Morgan fingerprint density at radius 2 is 2.11 bits per heavy atom. The van der Waals surface area contributed by atoms with Crippen LogP contribution in [0, 0.1) is 17.2 Å². The quantitative estimate of drug-likeness (QED) is 0.837. The summed E-state index contributed by atoms with van der Waals surface area (Å²) in [5.41, 5.74) is 0. The molecule has 5 heteroatoms. The molecule has 1 aromatic rings. The maximum atomic E-state index is 12.7. The molecule has 18 heavy (non-hydrogen) atoms. The molecule has 2 atom stereocenters. The van der Waals surface area contributed by atoms with Gasteiger partial charge < -0.3 is 0 Å². The molecule has 96 valence electrons. The van der Waals surface area contributed by atoms with Crippen molar-refractivity contribution in [2.24, 2.45) is 5.92 Å². The maximum absolute atomic E-state index is 12.7. The van der Waals surface area contributed by atoms with Gasteiger partial charge in [0.1, 0.15) is 0 Å². The fourth-order valence-corrected chi connectivity index (χ4v) is 5.23. The molecule has 0 heterocycles. The number of hydrogen-bond acceptors (Lipinski definition) is 3. The van der Waals surface area contributed by atoms with Gasteiger partial charge in [0.2, 0.25) is 0 Å². The number of benzene rings is 1. The molecule has 1 saturated carbocycles. The van der Waals surface area contributed by atoms with Crippen molar-refractivity contribution in [3.63, 3.8) is 0 Å². The zero-order chi connectivity index (χ0) is 13.4. The van der Waals surface area contributed by atoms with Crippen LogP contribution >= 0.6 is 11.6 Å². The van der Waals surface area contributed by atoms with Crippen LogP contribution in [-0.4, -0.2) is 13.2 Å². The number of halogens is 1. The average molecular weight is 284 g/mol.